The number of rotatable bonds is 3. The van der Waals surface area contributed by atoms with Gasteiger partial charge in [0.25, 0.3) is 0 Å². The van der Waals surface area contributed by atoms with E-state index in [9.17, 15) is 4.79 Å². The molecule has 0 unspecified atom stereocenters. The third-order valence-electron chi connectivity index (χ3n) is 5.25. The molecule has 1 amide bonds. The number of fused-ring (bicyclic) bond motifs is 3. The van der Waals surface area contributed by atoms with Crippen LogP contribution >= 0.6 is 0 Å². The fraction of sp³-hybridized carbons (Fsp3) is 0.273. The second-order valence-corrected chi connectivity index (χ2v) is 7.08. The van der Waals surface area contributed by atoms with Gasteiger partial charge in [-0.15, -0.1) is 0 Å². The Bertz CT molecular complexity index is 1020. The average Bonchev–Trinajstić information content (AvgIpc) is 2.85. The summed E-state index contributed by atoms with van der Waals surface area (Å²) < 4.78 is 0. The molecule has 7 heteroatoms. The van der Waals surface area contributed by atoms with Crippen molar-refractivity contribution in [3.8, 4) is 11.3 Å². The van der Waals surface area contributed by atoms with E-state index in [1.165, 1.54) is 0 Å². The molecular weight excluding hydrogens is 364 g/mol. The minimum Gasteiger partial charge on any atom is -0.343 e. The Balaban J connectivity index is 1.77. The highest BCUT2D eigenvalue weighted by molar-refractivity contribution is 5.92. The summed E-state index contributed by atoms with van der Waals surface area (Å²) in [6.45, 7) is 10.2. The van der Waals surface area contributed by atoms with Gasteiger partial charge in [-0.3, -0.25) is 4.79 Å². The van der Waals surface area contributed by atoms with E-state index < -0.39 is 0 Å². The second kappa shape index (κ2) is 7.87. The zero-order valence-electron chi connectivity index (χ0n) is 16.7. The van der Waals surface area contributed by atoms with Crippen molar-refractivity contribution in [1.82, 2.24) is 19.9 Å². The van der Waals surface area contributed by atoms with E-state index in [2.05, 4.69) is 26.8 Å². The van der Waals surface area contributed by atoms with Gasteiger partial charge in [-0.2, -0.15) is 0 Å². The zero-order chi connectivity index (χ0) is 20.4. The number of nitrogens with zero attached hydrogens (tertiary/aromatic N) is 5. The predicted molar refractivity (Wildman–Crippen MR) is 115 cm³/mol. The van der Waals surface area contributed by atoms with E-state index in [1.54, 1.807) is 19.2 Å². The van der Waals surface area contributed by atoms with Gasteiger partial charge in [0.1, 0.15) is 5.82 Å². The van der Waals surface area contributed by atoms with E-state index in [0.29, 0.717) is 32.1 Å². The highest BCUT2D eigenvalue weighted by Gasteiger charge is 2.25. The first kappa shape index (κ1) is 18.9. The molecule has 0 saturated carbocycles. The van der Waals surface area contributed by atoms with Crippen molar-refractivity contribution >= 4 is 23.2 Å². The number of aromatic nitrogens is 3. The maximum Gasteiger partial charge on any atom is 0.226 e. The first-order chi connectivity index (χ1) is 14.1. The summed E-state index contributed by atoms with van der Waals surface area (Å²) in [7, 11) is 0. The number of nitrogens with one attached hydrogen (secondary N) is 1. The molecule has 0 aromatic carbocycles. The number of hydrogen-bond donors (Lipinski definition) is 1. The first-order valence-corrected chi connectivity index (χ1v) is 9.68. The van der Waals surface area contributed by atoms with Gasteiger partial charge in [0.05, 0.1) is 5.69 Å². The van der Waals surface area contributed by atoms with Crippen molar-refractivity contribution < 1.29 is 4.79 Å². The fourth-order valence-corrected chi connectivity index (χ4v) is 3.67. The number of allylic oxidation sites excluding steroid dienone is 5. The molecule has 148 valence electrons. The van der Waals surface area contributed by atoms with Crippen LogP contribution in [-0.4, -0.2) is 51.9 Å². The molecule has 2 aromatic heterocycles. The molecule has 0 bridgehead atoms. The second-order valence-electron chi connectivity index (χ2n) is 7.08. The summed E-state index contributed by atoms with van der Waals surface area (Å²) in [5.41, 5.74) is 4.72. The van der Waals surface area contributed by atoms with Crippen molar-refractivity contribution in [2.24, 2.45) is 0 Å². The Morgan fingerprint density at radius 3 is 2.72 bits per heavy atom. The number of piperazine rings is 1. The summed E-state index contributed by atoms with van der Waals surface area (Å²) in [6.07, 6.45) is 9.31. The van der Waals surface area contributed by atoms with Crippen LogP contribution in [0.2, 0.25) is 0 Å². The number of carbonyl (C=O) groups is 1. The lowest BCUT2D eigenvalue weighted by Crippen LogP contribution is -2.48. The summed E-state index contributed by atoms with van der Waals surface area (Å²) in [5, 5.41) is 3.40. The lowest BCUT2D eigenvalue weighted by Gasteiger charge is -2.34. The maximum atomic E-state index is 11.6. The molecule has 4 rings (SSSR count). The lowest BCUT2D eigenvalue weighted by atomic mass is 10.0. The van der Waals surface area contributed by atoms with E-state index >= 15 is 0 Å². The highest BCUT2D eigenvalue weighted by Crippen LogP contribution is 2.37. The first-order valence-electron chi connectivity index (χ1n) is 9.68. The van der Waals surface area contributed by atoms with Crippen LogP contribution in [0.3, 0.4) is 0 Å². The van der Waals surface area contributed by atoms with Gasteiger partial charge in [-0.1, -0.05) is 24.8 Å². The van der Waals surface area contributed by atoms with Crippen molar-refractivity contribution in [3.63, 3.8) is 0 Å². The normalized spacial score (nSPS) is 16.2. The number of hydrogen-bond acceptors (Lipinski definition) is 6. The third kappa shape index (κ3) is 3.63. The standard InChI is InChI=1S/C22H24N6O/c1-4-5-7-17-15(2)25-21-18(8-6-9-23-21)20-19(17)14-24-22(26-20)28-12-10-27(11-13-28)16(3)29/h4-9,14H,1,10-13H2,2-3H3,(H,23,25)/b7-5-. The smallest absolute Gasteiger partial charge is 0.226 e. The van der Waals surface area contributed by atoms with Crippen molar-refractivity contribution in [2.45, 2.75) is 13.8 Å². The van der Waals surface area contributed by atoms with Crippen LogP contribution in [0.1, 0.15) is 19.4 Å². The van der Waals surface area contributed by atoms with Crippen molar-refractivity contribution in [2.75, 3.05) is 36.4 Å². The highest BCUT2D eigenvalue weighted by atomic mass is 16.2. The molecule has 29 heavy (non-hydrogen) atoms. The Hall–Kier alpha value is -3.48. The van der Waals surface area contributed by atoms with Gasteiger partial charge in [0.15, 0.2) is 0 Å². The third-order valence-corrected chi connectivity index (χ3v) is 5.25. The van der Waals surface area contributed by atoms with Gasteiger partial charge in [-0.05, 0) is 19.1 Å². The van der Waals surface area contributed by atoms with E-state index in [1.807, 2.05) is 42.3 Å². The average molecular weight is 388 g/mol. The molecule has 4 heterocycles. The summed E-state index contributed by atoms with van der Waals surface area (Å²) in [6, 6.07) is 3.93. The van der Waals surface area contributed by atoms with Gasteiger partial charge in [-0.25, -0.2) is 15.0 Å². The van der Waals surface area contributed by atoms with E-state index in [0.717, 1.165) is 33.9 Å². The van der Waals surface area contributed by atoms with E-state index in [4.69, 9.17) is 4.98 Å². The van der Waals surface area contributed by atoms with Gasteiger partial charge in [0, 0.05) is 67.9 Å². The number of pyridine rings is 1. The van der Waals surface area contributed by atoms with Crippen molar-refractivity contribution in [1.29, 1.82) is 0 Å². The Morgan fingerprint density at radius 2 is 2.00 bits per heavy atom. The van der Waals surface area contributed by atoms with Crippen LogP contribution in [0, 0.1) is 0 Å². The topological polar surface area (TPSA) is 74.2 Å². The van der Waals surface area contributed by atoms with Gasteiger partial charge < -0.3 is 15.1 Å². The molecule has 1 N–H and O–H groups in total. The zero-order valence-corrected chi connectivity index (χ0v) is 16.7. The molecule has 0 radical (unpaired) electrons. The minimum atomic E-state index is 0.109. The molecule has 0 atom stereocenters. The molecule has 1 saturated heterocycles. The molecule has 2 aliphatic rings. The van der Waals surface area contributed by atoms with Crippen LogP contribution in [0.4, 0.5) is 11.8 Å². The van der Waals surface area contributed by atoms with Gasteiger partial charge >= 0.3 is 0 Å². The molecule has 7 nitrogen and oxygen atoms in total. The van der Waals surface area contributed by atoms with Crippen molar-refractivity contribution in [3.05, 3.63) is 60.6 Å². The SMILES string of the molecule is C=C/C=C\C1=C(C)Nc2ncccc2-c2nc(N3CCN(C(C)=O)CC3)ncc21. The Kier molecular flexibility index (Phi) is 5.12. The molecule has 0 aliphatic carbocycles. The molecular formula is C22H24N6O. The summed E-state index contributed by atoms with van der Waals surface area (Å²) in [5.74, 6) is 1.56. The van der Waals surface area contributed by atoms with Crippen LogP contribution in [0.25, 0.3) is 16.8 Å². The predicted octanol–water partition coefficient (Wildman–Crippen LogP) is 3.11. The summed E-state index contributed by atoms with van der Waals surface area (Å²) >= 11 is 0. The lowest BCUT2D eigenvalue weighted by molar-refractivity contribution is -0.129. The monoisotopic (exact) mass is 388 g/mol. The van der Waals surface area contributed by atoms with Crippen LogP contribution in [-0.2, 0) is 4.79 Å². The Labute approximate surface area is 170 Å². The molecule has 0 spiro atoms. The van der Waals surface area contributed by atoms with Crippen LogP contribution in [0.5, 0.6) is 0 Å². The minimum absolute atomic E-state index is 0.109. The Morgan fingerprint density at radius 1 is 1.21 bits per heavy atom. The summed E-state index contributed by atoms with van der Waals surface area (Å²) in [4.78, 5) is 29.7. The van der Waals surface area contributed by atoms with Crippen LogP contribution < -0.4 is 10.2 Å². The quantitative estimate of drug-likeness (QED) is 0.815. The fourth-order valence-electron chi connectivity index (χ4n) is 3.67. The van der Waals surface area contributed by atoms with Crippen LogP contribution in [0.15, 0.2) is 55.0 Å². The number of carbonyl (C=O) groups excluding carboxylic acids is 1. The largest absolute Gasteiger partial charge is 0.343 e. The molecule has 1 fully saturated rings. The molecule has 2 aromatic rings. The van der Waals surface area contributed by atoms with Gasteiger partial charge in [0.2, 0.25) is 11.9 Å². The molecule has 2 aliphatic heterocycles. The number of amides is 1. The van der Waals surface area contributed by atoms with E-state index in [-0.39, 0.29) is 5.91 Å². The maximum absolute atomic E-state index is 11.6. The number of anilines is 2.